The van der Waals surface area contributed by atoms with Gasteiger partial charge in [-0.2, -0.15) is 0 Å². The van der Waals surface area contributed by atoms with Crippen LogP contribution in [0.3, 0.4) is 0 Å². The molecule has 1 heterocycles. The molecule has 0 unspecified atom stereocenters. The number of aliphatic carboxylic acids is 1. The SMILES string of the molecule is COc1ccc(C2(CNC(=O)[C@H]3C[C@H]3C(=O)O)CCOCC2)cc1. The summed E-state index contributed by atoms with van der Waals surface area (Å²) in [5.41, 5.74) is 0.978. The van der Waals surface area contributed by atoms with E-state index in [1.807, 2.05) is 24.3 Å². The molecule has 2 aliphatic rings. The third-order valence-electron chi connectivity index (χ3n) is 5.20. The molecule has 6 heteroatoms. The van der Waals surface area contributed by atoms with Crippen LogP contribution in [0.25, 0.3) is 0 Å². The summed E-state index contributed by atoms with van der Waals surface area (Å²) in [4.78, 5) is 23.1. The van der Waals surface area contributed by atoms with E-state index in [0.29, 0.717) is 26.2 Å². The van der Waals surface area contributed by atoms with Crippen molar-refractivity contribution < 1.29 is 24.2 Å². The number of benzene rings is 1. The standard InChI is InChI=1S/C18H23NO5/c1-23-13-4-2-12(3-5-13)18(6-8-24-9-7-18)11-19-16(20)14-10-15(14)17(21)22/h2-5,14-15H,6-11H2,1H3,(H,19,20)(H,21,22)/t14-,15+/m0/s1. The molecule has 1 aromatic rings. The van der Waals surface area contributed by atoms with Crippen molar-refractivity contribution in [1.29, 1.82) is 0 Å². The number of hydrogen-bond acceptors (Lipinski definition) is 4. The lowest BCUT2D eigenvalue weighted by Gasteiger charge is -2.38. The normalized spacial score (nSPS) is 24.9. The minimum absolute atomic E-state index is 0.151. The van der Waals surface area contributed by atoms with Gasteiger partial charge in [0.2, 0.25) is 5.91 Å². The fourth-order valence-corrected chi connectivity index (χ4v) is 3.42. The first kappa shape index (κ1) is 16.8. The van der Waals surface area contributed by atoms with Gasteiger partial charge in [-0.05, 0) is 37.0 Å². The van der Waals surface area contributed by atoms with Gasteiger partial charge >= 0.3 is 5.97 Å². The van der Waals surface area contributed by atoms with E-state index in [2.05, 4.69) is 5.32 Å². The zero-order valence-electron chi connectivity index (χ0n) is 13.8. The van der Waals surface area contributed by atoms with Gasteiger partial charge in [0.1, 0.15) is 5.75 Å². The van der Waals surface area contributed by atoms with E-state index in [4.69, 9.17) is 14.6 Å². The van der Waals surface area contributed by atoms with E-state index in [-0.39, 0.29) is 17.2 Å². The van der Waals surface area contributed by atoms with Crippen molar-refractivity contribution in [3.05, 3.63) is 29.8 Å². The maximum atomic E-state index is 12.2. The predicted molar refractivity (Wildman–Crippen MR) is 87.0 cm³/mol. The van der Waals surface area contributed by atoms with E-state index in [9.17, 15) is 9.59 Å². The number of carbonyl (C=O) groups excluding carboxylic acids is 1. The predicted octanol–water partition coefficient (Wildman–Crippen LogP) is 1.58. The Hall–Kier alpha value is -2.08. The Morgan fingerprint density at radius 1 is 1.25 bits per heavy atom. The molecule has 24 heavy (non-hydrogen) atoms. The Balaban J connectivity index is 1.69. The minimum atomic E-state index is -0.883. The Morgan fingerprint density at radius 2 is 1.92 bits per heavy atom. The number of carboxylic acids is 1. The maximum absolute atomic E-state index is 12.2. The molecule has 0 spiro atoms. The second-order valence-electron chi connectivity index (χ2n) is 6.63. The first-order valence-electron chi connectivity index (χ1n) is 8.28. The third-order valence-corrected chi connectivity index (χ3v) is 5.20. The largest absolute Gasteiger partial charge is 0.497 e. The average Bonchev–Trinajstić information content (AvgIpc) is 3.42. The molecular weight excluding hydrogens is 310 g/mol. The second-order valence-corrected chi connectivity index (χ2v) is 6.63. The first-order valence-corrected chi connectivity index (χ1v) is 8.28. The van der Waals surface area contributed by atoms with Gasteiger partial charge in [-0.1, -0.05) is 12.1 Å². The Kier molecular flexibility index (Phi) is 4.76. The van der Waals surface area contributed by atoms with Crippen molar-refractivity contribution in [2.75, 3.05) is 26.9 Å². The molecule has 2 fully saturated rings. The van der Waals surface area contributed by atoms with Crippen LogP contribution < -0.4 is 10.1 Å². The van der Waals surface area contributed by atoms with Gasteiger partial charge in [0.15, 0.2) is 0 Å². The second kappa shape index (κ2) is 6.81. The zero-order valence-corrected chi connectivity index (χ0v) is 13.8. The van der Waals surface area contributed by atoms with Crippen LogP contribution in [0.2, 0.25) is 0 Å². The monoisotopic (exact) mass is 333 g/mol. The van der Waals surface area contributed by atoms with Crippen molar-refractivity contribution in [2.45, 2.75) is 24.7 Å². The summed E-state index contributed by atoms with van der Waals surface area (Å²) in [6, 6.07) is 7.92. The van der Waals surface area contributed by atoms with Crippen molar-refractivity contribution >= 4 is 11.9 Å². The number of amides is 1. The average molecular weight is 333 g/mol. The lowest BCUT2D eigenvalue weighted by molar-refractivity contribution is -0.140. The fourth-order valence-electron chi connectivity index (χ4n) is 3.42. The summed E-state index contributed by atoms with van der Waals surface area (Å²) in [5, 5.41) is 11.9. The summed E-state index contributed by atoms with van der Waals surface area (Å²) in [6.07, 6.45) is 2.10. The van der Waals surface area contributed by atoms with Crippen LogP contribution in [-0.2, 0) is 19.7 Å². The Labute approximate surface area is 141 Å². The van der Waals surface area contributed by atoms with Gasteiger partial charge in [-0.25, -0.2) is 0 Å². The number of hydrogen-bond donors (Lipinski definition) is 2. The molecule has 1 saturated carbocycles. The molecule has 2 atom stereocenters. The highest BCUT2D eigenvalue weighted by molar-refractivity contribution is 5.89. The molecule has 3 rings (SSSR count). The summed E-state index contributed by atoms with van der Waals surface area (Å²) in [5.74, 6) is -1.13. The molecule has 1 amide bonds. The van der Waals surface area contributed by atoms with E-state index < -0.39 is 11.9 Å². The molecule has 1 aliphatic heterocycles. The van der Waals surface area contributed by atoms with Crippen LogP contribution in [0.5, 0.6) is 5.75 Å². The highest BCUT2D eigenvalue weighted by atomic mass is 16.5. The van der Waals surface area contributed by atoms with E-state index in [0.717, 1.165) is 24.2 Å². The smallest absolute Gasteiger partial charge is 0.307 e. The summed E-state index contributed by atoms with van der Waals surface area (Å²) in [6.45, 7) is 1.82. The van der Waals surface area contributed by atoms with Crippen LogP contribution in [0, 0.1) is 11.8 Å². The van der Waals surface area contributed by atoms with Gasteiger partial charge in [0.05, 0.1) is 18.9 Å². The third kappa shape index (κ3) is 3.38. The van der Waals surface area contributed by atoms with Crippen LogP contribution in [0.4, 0.5) is 0 Å². The number of rotatable bonds is 6. The van der Waals surface area contributed by atoms with Gasteiger partial charge in [-0.3, -0.25) is 9.59 Å². The van der Waals surface area contributed by atoms with Crippen LogP contribution in [-0.4, -0.2) is 43.9 Å². The lowest BCUT2D eigenvalue weighted by atomic mass is 9.74. The van der Waals surface area contributed by atoms with Gasteiger partial charge < -0.3 is 19.9 Å². The number of methoxy groups -OCH3 is 1. The lowest BCUT2D eigenvalue weighted by Crippen LogP contribution is -2.45. The number of carbonyl (C=O) groups is 2. The number of ether oxygens (including phenoxy) is 2. The van der Waals surface area contributed by atoms with Crippen LogP contribution in [0.15, 0.2) is 24.3 Å². The van der Waals surface area contributed by atoms with E-state index in [1.54, 1.807) is 7.11 Å². The fraction of sp³-hybridized carbons (Fsp3) is 0.556. The topological polar surface area (TPSA) is 84.9 Å². The van der Waals surface area contributed by atoms with Gasteiger partial charge in [-0.15, -0.1) is 0 Å². The van der Waals surface area contributed by atoms with E-state index in [1.165, 1.54) is 0 Å². The van der Waals surface area contributed by atoms with Crippen molar-refractivity contribution in [2.24, 2.45) is 11.8 Å². The molecule has 0 radical (unpaired) electrons. The quantitative estimate of drug-likeness (QED) is 0.826. The van der Waals surface area contributed by atoms with Crippen LogP contribution >= 0.6 is 0 Å². The van der Waals surface area contributed by atoms with Crippen molar-refractivity contribution in [3.8, 4) is 5.75 Å². The Morgan fingerprint density at radius 3 is 2.46 bits per heavy atom. The molecule has 130 valence electrons. The zero-order chi connectivity index (χ0) is 17.2. The Bertz CT molecular complexity index is 606. The molecule has 2 N–H and O–H groups in total. The highest BCUT2D eigenvalue weighted by Gasteiger charge is 2.48. The molecule has 1 aromatic carbocycles. The number of nitrogens with one attached hydrogen (secondary N) is 1. The summed E-state index contributed by atoms with van der Waals surface area (Å²) < 4.78 is 10.7. The van der Waals surface area contributed by atoms with Gasteiger partial charge in [0.25, 0.3) is 0 Å². The molecule has 1 aliphatic carbocycles. The maximum Gasteiger partial charge on any atom is 0.307 e. The molecule has 0 aromatic heterocycles. The van der Waals surface area contributed by atoms with E-state index >= 15 is 0 Å². The van der Waals surface area contributed by atoms with Crippen LogP contribution in [0.1, 0.15) is 24.8 Å². The first-order chi connectivity index (χ1) is 11.6. The minimum Gasteiger partial charge on any atom is -0.497 e. The molecule has 0 bridgehead atoms. The highest BCUT2D eigenvalue weighted by Crippen LogP contribution is 2.40. The summed E-state index contributed by atoms with van der Waals surface area (Å²) in [7, 11) is 1.63. The number of carboxylic acid groups (broad SMARTS) is 1. The van der Waals surface area contributed by atoms with Crippen molar-refractivity contribution in [3.63, 3.8) is 0 Å². The molecular formula is C18H23NO5. The summed E-state index contributed by atoms with van der Waals surface area (Å²) >= 11 is 0. The van der Waals surface area contributed by atoms with Crippen molar-refractivity contribution in [1.82, 2.24) is 5.32 Å². The molecule has 1 saturated heterocycles. The molecule has 6 nitrogen and oxygen atoms in total. The van der Waals surface area contributed by atoms with Gasteiger partial charge in [0, 0.05) is 25.2 Å².